The Morgan fingerprint density at radius 3 is 3.06 bits per heavy atom. The number of fused-ring (bicyclic) bond motifs is 1. The van der Waals surface area contributed by atoms with E-state index >= 15 is 0 Å². The van der Waals surface area contributed by atoms with Crippen molar-refractivity contribution in [1.29, 1.82) is 0 Å². The Kier molecular flexibility index (Phi) is 3.23. The van der Waals surface area contributed by atoms with Gasteiger partial charge >= 0.3 is 0 Å². The molecular weight excluding hydrogens is 246 g/mol. The van der Waals surface area contributed by atoms with Crippen LogP contribution in [0.4, 0.5) is 0 Å². The summed E-state index contributed by atoms with van der Waals surface area (Å²) < 4.78 is 0. The third-order valence-corrected chi connectivity index (χ3v) is 3.87. The van der Waals surface area contributed by atoms with Gasteiger partial charge in [-0.15, -0.1) is 0 Å². The summed E-state index contributed by atoms with van der Waals surface area (Å²) in [5, 5.41) is 3.75. The third kappa shape index (κ3) is 2.85. The first-order valence-electron chi connectivity index (χ1n) is 6.15. The molecule has 0 spiro atoms. The average Bonchev–Trinajstić information content (AvgIpc) is 3.11. The lowest BCUT2D eigenvalue weighted by Crippen LogP contribution is -2.27. The van der Waals surface area contributed by atoms with Crippen LogP contribution in [0.1, 0.15) is 12.8 Å². The van der Waals surface area contributed by atoms with Crippen LogP contribution in [0.5, 0.6) is 0 Å². The number of imidazole rings is 1. The predicted molar refractivity (Wildman–Crippen MR) is 72.6 cm³/mol. The number of rotatable bonds is 5. The van der Waals surface area contributed by atoms with Crippen molar-refractivity contribution in [3.8, 4) is 0 Å². The normalized spacial score (nSPS) is 14.9. The van der Waals surface area contributed by atoms with Crippen molar-refractivity contribution in [2.75, 3.05) is 12.3 Å². The first-order valence-corrected chi connectivity index (χ1v) is 7.14. The van der Waals surface area contributed by atoms with E-state index in [-0.39, 0.29) is 5.91 Å². The van der Waals surface area contributed by atoms with Gasteiger partial charge in [-0.3, -0.25) is 4.79 Å². The maximum absolute atomic E-state index is 11.6. The molecule has 1 aliphatic carbocycles. The number of para-hydroxylation sites is 2. The minimum atomic E-state index is 0.0901. The molecule has 1 fully saturated rings. The van der Waals surface area contributed by atoms with E-state index in [1.807, 2.05) is 24.3 Å². The number of nitrogens with one attached hydrogen (secondary N) is 2. The second kappa shape index (κ2) is 5.02. The SMILES string of the molecule is O=C(CSc1nc2ccccc2[nH]1)NCC1CC1. The lowest BCUT2D eigenvalue weighted by molar-refractivity contribution is -0.118. The standard InChI is InChI=1S/C13H15N3OS/c17-12(14-7-9-5-6-9)8-18-13-15-10-3-1-2-4-11(10)16-13/h1-4,9H,5-8H2,(H,14,17)(H,15,16). The maximum Gasteiger partial charge on any atom is 0.230 e. The Morgan fingerprint density at radius 1 is 1.44 bits per heavy atom. The zero-order valence-electron chi connectivity index (χ0n) is 9.98. The number of carbonyl (C=O) groups excluding carboxylic acids is 1. The number of aromatic amines is 1. The molecule has 0 aliphatic heterocycles. The largest absolute Gasteiger partial charge is 0.355 e. The van der Waals surface area contributed by atoms with Crippen molar-refractivity contribution in [2.24, 2.45) is 5.92 Å². The highest BCUT2D eigenvalue weighted by Gasteiger charge is 2.21. The Hall–Kier alpha value is -1.49. The number of H-pyrrole nitrogens is 1. The minimum Gasteiger partial charge on any atom is -0.355 e. The molecule has 18 heavy (non-hydrogen) atoms. The molecule has 1 aromatic carbocycles. The lowest BCUT2D eigenvalue weighted by atomic mass is 10.3. The molecule has 1 saturated carbocycles. The highest BCUT2D eigenvalue weighted by molar-refractivity contribution is 7.99. The van der Waals surface area contributed by atoms with Gasteiger partial charge in [-0.25, -0.2) is 4.98 Å². The molecule has 1 heterocycles. The third-order valence-electron chi connectivity index (χ3n) is 2.99. The van der Waals surface area contributed by atoms with Gasteiger partial charge in [0.15, 0.2) is 5.16 Å². The van der Waals surface area contributed by atoms with Crippen LogP contribution in [-0.4, -0.2) is 28.2 Å². The maximum atomic E-state index is 11.6. The molecule has 1 amide bonds. The Morgan fingerprint density at radius 2 is 2.28 bits per heavy atom. The van der Waals surface area contributed by atoms with Crippen molar-refractivity contribution < 1.29 is 4.79 Å². The Balaban J connectivity index is 1.53. The second-order valence-corrected chi connectivity index (χ2v) is 5.56. The van der Waals surface area contributed by atoms with E-state index in [0.717, 1.165) is 28.7 Å². The molecule has 5 heteroatoms. The van der Waals surface area contributed by atoms with Gasteiger partial charge < -0.3 is 10.3 Å². The van der Waals surface area contributed by atoms with Gasteiger partial charge in [-0.05, 0) is 30.9 Å². The van der Waals surface area contributed by atoms with Crippen LogP contribution in [0.2, 0.25) is 0 Å². The molecule has 4 nitrogen and oxygen atoms in total. The summed E-state index contributed by atoms with van der Waals surface area (Å²) in [4.78, 5) is 19.2. The van der Waals surface area contributed by atoms with Crippen LogP contribution in [0.25, 0.3) is 11.0 Å². The summed E-state index contributed by atoms with van der Waals surface area (Å²) in [5.41, 5.74) is 1.96. The molecule has 94 valence electrons. The highest BCUT2D eigenvalue weighted by Crippen LogP contribution is 2.27. The summed E-state index contributed by atoms with van der Waals surface area (Å²) in [5.74, 6) is 1.24. The van der Waals surface area contributed by atoms with Gasteiger partial charge in [0, 0.05) is 6.54 Å². The fraction of sp³-hybridized carbons (Fsp3) is 0.385. The molecule has 0 atom stereocenters. The first-order chi connectivity index (χ1) is 8.81. The number of hydrogen-bond acceptors (Lipinski definition) is 3. The zero-order chi connectivity index (χ0) is 12.4. The Bertz CT molecular complexity index is 529. The molecular formula is C13H15N3OS. The number of nitrogens with zero attached hydrogens (tertiary/aromatic N) is 1. The lowest BCUT2D eigenvalue weighted by Gasteiger charge is -2.01. The van der Waals surface area contributed by atoms with Crippen LogP contribution in [0.15, 0.2) is 29.4 Å². The van der Waals surface area contributed by atoms with Gasteiger partial charge in [0.25, 0.3) is 0 Å². The average molecular weight is 261 g/mol. The molecule has 0 saturated heterocycles. The van der Waals surface area contributed by atoms with Gasteiger partial charge in [0.1, 0.15) is 0 Å². The van der Waals surface area contributed by atoms with Gasteiger partial charge in [-0.2, -0.15) is 0 Å². The fourth-order valence-electron chi connectivity index (χ4n) is 1.76. The summed E-state index contributed by atoms with van der Waals surface area (Å²) in [6.07, 6.45) is 2.52. The Labute approximate surface area is 110 Å². The summed E-state index contributed by atoms with van der Waals surface area (Å²) >= 11 is 1.45. The topological polar surface area (TPSA) is 57.8 Å². The van der Waals surface area contributed by atoms with Crippen molar-refractivity contribution in [3.63, 3.8) is 0 Å². The summed E-state index contributed by atoms with van der Waals surface area (Å²) in [6, 6.07) is 7.87. The number of amides is 1. The van der Waals surface area contributed by atoms with Gasteiger partial charge in [-0.1, -0.05) is 23.9 Å². The van der Waals surface area contributed by atoms with E-state index in [0.29, 0.717) is 5.75 Å². The van der Waals surface area contributed by atoms with E-state index in [9.17, 15) is 4.79 Å². The van der Waals surface area contributed by atoms with Gasteiger partial charge in [0.2, 0.25) is 5.91 Å². The van der Waals surface area contributed by atoms with E-state index in [4.69, 9.17) is 0 Å². The number of aromatic nitrogens is 2. The van der Waals surface area contributed by atoms with Crippen LogP contribution in [-0.2, 0) is 4.79 Å². The summed E-state index contributed by atoms with van der Waals surface area (Å²) in [6.45, 7) is 0.833. The second-order valence-electron chi connectivity index (χ2n) is 4.60. The van der Waals surface area contributed by atoms with Gasteiger partial charge in [0.05, 0.1) is 16.8 Å². The number of carbonyl (C=O) groups is 1. The quantitative estimate of drug-likeness (QED) is 0.811. The molecule has 1 aliphatic rings. The van der Waals surface area contributed by atoms with E-state index < -0.39 is 0 Å². The zero-order valence-corrected chi connectivity index (χ0v) is 10.8. The van der Waals surface area contributed by atoms with Crippen molar-refractivity contribution in [3.05, 3.63) is 24.3 Å². The van der Waals surface area contributed by atoms with Crippen LogP contribution in [0, 0.1) is 5.92 Å². The summed E-state index contributed by atoms with van der Waals surface area (Å²) in [7, 11) is 0. The van der Waals surface area contributed by atoms with Crippen LogP contribution < -0.4 is 5.32 Å². The fourth-order valence-corrected chi connectivity index (χ4v) is 2.48. The van der Waals surface area contributed by atoms with E-state index in [1.165, 1.54) is 24.6 Å². The first kappa shape index (κ1) is 11.6. The molecule has 1 aromatic heterocycles. The number of benzene rings is 1. The monoisotopic (exact) mass is 261 g/mol. The van der Waals surface area contributed by atoms with Crippen molar-refractivity contribution in [1.82, 2.24) is 15.3 Å². The van der Waals surface area contributed by atoms with E-state index in [2.05, 4.69) is 15.3 Å². The van der Waals surface area contributed by atoms with Crippen molar-refractivity contribution in [2.45, 2.75) is 18.0 Å². The van der Waals surface area contributed by atoms with Crippen LogP contribution >= 0.6 is 11.8 Å². The minimum absolute atomic E-state index is 0.0901. The highest BCUT2D eigenvalue weighted by atomic mass is 32.2. The molecule has 0 radical (unpaired) electrons. The van der Waals surface area contributed by atoms with Crippen LogP contribution in [0.3, 0.4) is 0 Å². The predicted octanol–water partition coefficient (Wildman–Crippen LogP) is 2.18. The van der Waals surface area contributed by atoms with E-state index in [1.54, 1.807) is 0 Å². The molecule has 0 unspecified atom stereocenters. The smallest absolute Gasteiger partial charge is 0.230 e. The molecule has 2 aromatic rings. The number of thioether (sulfide) groups is 1. The number of hydrogen-bond donors (Lipinski definition) is 2. The molecule has 2 N–H and O–H groups in total. The molecule has 0 bridgehead atoms. The van der Waals surface area contributed by atoms with Crippen molar-refractivity contribution >= 4 is 28.7 Å². The molecule has 3 rings (SSSR count).